The van der Waals surface area contributed by atoms with Crippen molar-refractivity contribution < 1.29 is 14.7 Å². The molecule has 1 N–H and O–H groups in total. The van der Waals surface area contributed by atoms with Gasteiger partial charge in [-0.15, -0.1) is 0 Å². The largest absolute Gasteiger partial charge is 0.543 e. The van der Waals surface area contributed by atoms with Gasteiger partial charge in [-0.3, -0.25) is 19.1 Å². The highest BCUT2D eigenvalue weighted by molar-refractivity contribution is 6.00. The molecule has 1 atom stereocenters. The second-order valence-corrected chi connectivity index (χ2v) is 7.53. The van der Waals surface area contributed by atoms with Crippen LogP contribution in [0.1, 0.15) is 29.1 Å². The third kappa shape index (κ3) is 3.61. The lowest BCUT2D eigenvalue weighted by atomic mass is 10.1. The van der Waals surface area contributed by atoms with E-state index >= 15 is 0 Å². The van der Waals surface area contributed by atoms with Gasteiger partial charge < -0.3 is 15.2 Å². The molecule has 168 valence electrons. The summed E-state index contributed by atoms with van der Waals surface area (Å²) in [6, 6.07) is 13.8. The molecule has 4 aromatic rings. The number of rotatable bonds is 5. The quantitative estimate of drug-likeness (QED) is 0.482. The number of nitrogens with zero attached hydrogens (tertiary/aromatic N) is 4. The maximum absolute atomic E-state index is 13.0. The van der Waals surface area contributed by atoms with E-state index in [-0.39, 0.29) is 16.5 Å². The van der Waals surface area contributed by atoms with Crippen LogP contribution >= 0.6 is 0 Å². The van der Waals surface area contributed by atoms with E-state index in [1.807, 2.05) is 6.07 Å². The molecule has 2 aromatic heterocycles. The van der Waals surface area contributed by atoms with Gasteiger partial charge in [-0.05, 0) is 32.0 Å². The van der Waals surface area contributed by atoms with Crippen LogP contribution in [0.25, 0.3) is 16.5 Å². The number of benzene rings is 2. The van der Waals surface area contributed by atoms with Crippen molar-refractivity contribution in [2.75, 3.05) is 5.32 Å². The summed E-state index contributed by atoms with van der Waals surface area (Å²) in [7, 11) is 1.68. The molecule has 0 fully saturated rings. The molecule has 0 spiro atoms. The van der Waals surface area contributed by atoms with Crippen molar-refractivity contribution in [1.29, 1.82) is 0 Å². The summed E-state index contributed by atoms with van der Waals surface area (Å²) in [5.41, 5.74) is -0.369. The molecule has 0 radical (unpaired) electrons. The normalized spacial score (nSPS) is 12.0. The van der Waals surface area contributed by atoms with Crippen LogP contribution < -0.4 is 21.5 Å². The van der Waals surface area contributed by atoms with Crippen LogP contribution in [-0.4, -0.2) is 31.0 Å². The van der Waals surface area contributed by atoms with Crippen LogP contribution in [0.3, 0.4) is 0 Å². The first-order valence-electron chi connectivity index (χ1n) is 10.1. The fraction of sp³-hybridized carbons (Fsp3) is 0.174. The number of fused-ring (bicyclic) bond motifs is 1. The summed E-state index contributed by atoms with van der Waals surface area (Å²) >= 11 is 0. The Labute approximate surface area is 187 Å². The second-order valence-electron chi connectivity index (χ2n) is 7.53. The SMILES string of the molecule is Cc1c(NC(=O)[C@@H](C)n2nc(C(=O)[O-])c3ccccc3c2=O)c(=O)n(-c2ccccc2)n1C. The van der Waals surface area contributed by atoms with Crippen molar-refractivity contribution in [2.45, 2.75) is 19.9 Å². The first-order chi connectivity index (χ1) is 15.7. The van der Waals surface area contributed by atoms with Crippen molar-refractivity contribution >= 4 is 28.3 Å². The minimum absolute atomic E-state index is 0.0483. The highest BCUT2D eigenvalue weighted by Gasteiger charge is 2.24. The summed E-state index contributed by atoms with van der Waals surface area (Å²) in [6.07, 6.45) is 0. The molecule has 0 aliphatic rings. The molecule has 10 heteroatoms. The summed E-state index contributed by atoms with van der Waals surface area (Å²) in [6.45, 7) is 3.07. The zero-order valence-electron chi connectivity index (χ0n) is 18.1. The van der Waals surface area contributed by atoms with Gasteiger partial charge in [-0.1, -0.05) is 36.4 Å². The zero-order valence-corrected chi connectivity index (χ0v) is 18.1. The van der Waals surface area contributed by atoms with Gasteiger partial charge in [0.2, 0.25) is 5.91 Å². The van der Waals surface area contributed by atoms with Gasteiger partial charge in [-0.25, -0.2) is 9.36 Å². The molecule has 0 bridgehead atoms. The third-order valence-electron chi connectivity index (χ3n) is 5.57. The van der Waals surface area contributed by atoms with Crippen LogP contribution in [0.15, 0.2) is 64.2 Å². The smallest absolute Gasteiger partial charge is 0.295 e. The first-order valence-corrected chi connectivity index (χ1v) is 10.1. The van der Waals surface area contributed by atoms with E-state index in [2.05, 4.69) is 10.4 Å². The maximum Gasteiger partial charge on any atom is 0.295 e. The van der Waals surface area contributed by atoms with E-state index in [4.69, 9.17) is 0 Å². The number of hydrogen-bond donors (Lipinski definition) is 1. The Balaban J connectivity index is 1.75. The first kappa shape index (κ1) is 21.8. The summed E-state index contributed by atoms with van der Waals surface area (Å²) in [4.78, 5) is 50.6. The van der Waals surface area contributed by atoms with Crippen LogP contribution in [0.2, 0.25) is 0 Å². The van der Waals surface area contributed by atoms with Gasteiger partial charge in [0.05, 0.1) is 22.7 Å². The van der Waals surface area contributed by atoms with E-state index in [1.54, 1.807) is 55.1 Å². The third-order valence-corrected chi connectivity index (χ3v) is 5.57. The Morgan fingerprint density at radius 1 is 0.970 bits per heavy atom. The second kappa shape index (κ2) is 8.23. The lowest BCUT2D eigenvalue weighted by molar-refractivity contribution is -0.255. The average Bonchev–Trinajstić information content (AvgIpc) is 3.02. The molecule has 2 heterocycles. The standard InChI is InChI=1S/C23H21N5O5/c1-13-18(22(31)28(26(13)3)15-9-5-4-6-10-15)24-20(29)14(2)27-21(30)17-12-8-7-11-16(17)19(25-27)23(32)33/h4-12,14H,1-3H3,(H,24,29)(H,32,33)/p-1/t14-/m1/s1. The predicted octanol–water partition coefficient (Wildman–Crippen LogP) is 0.758. The van der Waals surface area contributed by atoms with Crippen molar-refractivity contribution in [3.8, 4) is 5.69 Å². The fourth-order valence-corrected chi connectivity index (χ4v) is 3.67. The number of amides is 1. The topological polar surface area (TPSA) is 131 Å². The van der Waals surface area contributed by atoms with Gasteiger partial charge in [-0.2, -0.15) is 5.10 Å². The maximum atomic E-state index is 13.0. The Bertz CT molecular complexity index is 1510. The molecule has 2 aromatic carbocycles. The van der Waals surface area contributed by atoms with Crippen molar-refractivity contribution in [1.82, 2.24) is 19.1 Å². The highest BCUT2D eigenvalue weighted by atomic mass is 16.4. The number of carbonyl (C=O) groups is 2. The molecule has 0 aliphatic heterocycles. The molecule has 0 aliphatic carbocycles. The summed E-state index contributed by atoms with van der Waals surface area (Å²) in [5.74, 6) is -2.27. The van der Waals surface area contributed by atoms with E-state index in [9.17, 15) is 24.3 Å². The van der Waals surface area contributed by atoms with Crippen LogP contribution in [-0.2, 0) is 11.8 Å². The van der Waals surface area contributed by atoms with Gasteiger partial charge >= 0.3 is 0 Å². The minimum Gasteiger partial charge on any atom is -0.543 e. The Kier molecular flexibility index (Phi) is 5.42. The average molecular weight is 446 g/mol. The number of anilines is 1. The number of carboxylic acids is 1. The van der Waals surface area contributed by atoms with E-state index in [0.29, 0.717) is 11.4 Å². The Hall–Kier alpha value is -4.47. The van der Waals surface area contributed by atoms with Crippen LogP contribution in [0.4, 0.5) is 5.69 Å². The summed E-state index contributed by atoms with van der Waals surface area (Å²) in [5, 5.41) is 18.2. The lowest BCUT2D eigenvalue weighted by Gasteiger charge is -2.16. The van der Waals surface area contributed by atoms with Crippen molar-refractivity contribution in [2.24, 2.45) is 7.05 Å². The molecule has 0 unspecified atom stereocenters. The highest BCUT2D eigenvalue weighted by Crippen LogP contribution is 2.17. The molecular formula is C23H20N5O5-. The molecular weight excluding hydrogens is 426 g/mol. The number of aromatic nitrogens is 4. The molecule has 33 heavy (non-hydrogen) atoms. The Morgan fingerprint density at radius 2 is 1.58 bits per heavy atom. The van der Waals surface area contributed by atoms with E-state index in [0.717, 1.165) is 4.68 Å². The number of aromatic carboxylic acids is 1. The van der Waals surface area contributed by atoms with Crippen LogP contribution in [0, 0.1) is 6.92 Å². The van der Waals surface area contributed by atoms with Crippen LogP contribution in [0.5, 0.6) is 0 Å². The number of hydrogen-bond acceptors (Lipinski definition) is 6. The van der Waals surface area contributed by atoms with E-state index in [1.165, 1.54) is 23.7 Å². The van der Waals surface area contributed by atoms with E-state index < -0.39 is 34.7 Å². The zero-order chi connectivity index (χ0) is 23.9. The van der Waals surface area contributed by atoms with Gasteiger partial charge in [0.1, 0.15) is 17.4 Å². The molecule has 0 saturated carbocycles. The molecule has 10 nitrogen and oxygen atoms in total. The predicted molar refractivity (Wildman–Crippen MR) is 119 cm³/mol. The molecule has 1 amide bonds. The number of carbonyl (C=O) groups excluding carboxylic acids is 2. The summed E-state index contributed by atoms with van der Waals surface area (Å²) < 4.78 is 3.80. The number of para-hydroxylation sites is 1. The van der Waals surface area contributed by atoms with Gasteiger partial charge in [0.25, 0.3) is 11.1 Å². The number of carboxylic acid groups (broad SMARTS) is 1. The Morgan fingerprint density at radius 3 is 2.21 bits per heavy atom. The van der Waals surface area contributed by atoms with Crippen molar-refractivity contribution in [3.05, 3.63) is 86.7 Å². The lowest BCUT2D eigenvalue weighted by Crippen LogP contribution is -2.37. The van der Waals surface area contributed by atoms with Gasteiger partial charge in [0.15, 0.2) is 0 Å². The fourth-order valence-electron chi connectivity index (χ4n) is 3.67. The van der Waals surface area contributed by atoms with Crippen molar-refractivity contribution in [3.63, 3.8) is 0 Å². The number of nitrogens with one attached hydrogen (secondary N) is 1. The monoisotopic (exact) mass is 446 g/mol. The molecule has 0 saturated heterocycles. The molecule has 4 rings (SSSR count). The minimum atomic E-state index is -1.57. The van der Waals surface area contributed by atoms with Gasteiger partial charge in [0, 0.05) is 12.4 Å².